The molecule has 1 unspecified atom stereocenters. The average molecular weight is 230 g/mol. The molecule has 0 spiro atoms. The molecule has 1 aromatic rings. The van der Waals surface area contributed by atoms with E-state index < -0.39 is 11.4 Å². The Bertz CT molecular complexity index is 310. The van der Waals surface area contributed by atoms with Crippen molar-refractivity contribution in [3.05, 3.63) is 24.3 Å². The van der Waals surface area contributed by atoms with Gasteiger partial charge in [0.2, 0.25) is 0 Å². The van der Waals surface area contributed by atoms with Gasteiger partial charge in [0.25, 0.3) is 0 Å². The third-order valence-electron chi connectivity index (χ3n) is 1.76. The van der Waals surface area contributed by atoms with Crippen LogP contribution < -0.4 is 8.92 Å². The summed E-state index contributed by atoms with van der Waals surface area (Å²) in [5, 5.41) is 0. The molecule has 0 bridgehead atoms. The molecule has 5 heteroatoms. The minimum absolute atomic E-state index is 0.346. The van der Waals surface area contributed by atoms with Gasteiger partial charge in [0.05, 0.1) is 6.61 Å². The largest absolute Gasteiger partial charge is 0.494 e. The maximum absolute atomic E-state index is 10.3. The molecule has 84 valence electrons. The monoisotopic (exact) mass is 230 g/mol. The molecule has 0 aliphatic carbocycles. The summed E-state index contributed by atoms with van der Waals surface area (Å²) in [5.74, 6) is 1.08. The molecule has 0 radical (unpaired) electrons. The minimum atomic E-state index is -2.27. The van der Waals surface area contributed by atoms with Crippen molar-refractivity contribution < 1.29 is 17.7 Å². The van der Waals surface area contributed by atoms with Crippen molar-refractivity contribution in [2.75, 3.05) is 6.61 Å². The second-order valence-electron chi connectivity index (χ2n) is 2.97. The van der Waals surface area contributed by atoms with E-state index in [-0.39, 0.29) is 0 Å². The van der Waals surface area contributed by atoms with E-state index in [1.54, 1.807) is 24.3 Å². The number of benzene rings is 1. The van der Waals surface area contributed by atoms with Crippen molar-refractivity contribution in [1.82, 2.24) is 0 Å². The van der Waals surface area contributed by atoms with E-state index in [2.05, 4.69) is 11.1 Å². The van der Waals surface area contributed by atoms with Crippen molar-refractivity contribution in [2.45, 2.75) is 19.8 Å². The number of unbranched alkanes of at least 4 members (excludes halogenated alkanes) is 1. The van der Waals surface area contributed by atoms with E-state index >= 15 is 0 Å². The predicted molar refractivity (Wildman–Crippen MR) is 58.2 cm³/mol. The van der Waals surface area contributed by atoms with Crippen molar-refractivity contribution >= 4 is 11.4 Å². The molecular formula is C10H14O4S. The van der Waals surface area contributed by atoms with Crippen LogP contribution >= 0.6 is 0 Å². The van der Waals surface area contributed by atoms with Gasteiger partial charge in [0.1, 0.15) is 11.5 Å². The topological polar surface area (TPSA) is 55.8 Å². The van der Waals surface area contributed by atoms with Crippen LogP contribution in [0.5, 0.6) is 11.5 Å². The lowest BCUT2D eigenvalue weighted by molar-refractivity contribution is 0.309. The third kappa shape index (κ3) is 4.80. The first-order chi connectivity index (χ1) is 7.22. The number of rotatable bonds is 6. The fourth-order valence-electron chi connectivity index (χ4n) is 1.01. The van der Waals surface area contributed by atoms with Gasteiger partial charge in [-0.2, -0.15) is 4.21 Å². The Hall–Kier alpha value is -1.07. The van der Waals surface area contributed by atoms with Gasteiger partial charge in [0.15, 0.2) is 0 Å². The van der Waals surface area contributed by atoms with E-state index in [9.17, 15) is 4.21 Å². The fraction of sp³-hybridized carbons (Fsp3) is 0.400. The molecule has 1 aromatic carbocycles. The average Bonchev–Trinajstić information content (AvgIpc) is 2.20. The smallest absolute Gasteiger partial charge is 0.357 e. The Morgan fingerprint density at radius 1 is 1.27 bits per heavy atom. The molecule has 0 fully saturated rings. The second-order valence-corrected chi connectivity index (χ2v) is 3.57. The van der Waals surface area contributed by atoms with Crippen LogP contribution in [0.15, 0.2) is 24.3 Å². The molecule has 1 N–H and O–H groups in total. The summed E-state index contributed by atoms with van der Waals surface area (Å²) < 4.78 is 28.8. The van der Waals surface area contributed by atoms with Gasteiger partial charge in [-0.15, -0.1) is 0 Å². The molecule has 4 nitrogen and oxygen atoms in total. The summed E-state index contributed by atoms with van der Waals surface area (Å²) in [6.45, 7) is 2.78. The first kappa shape index (κ1) is 12.0. The molecular weight excluding hydrogens is 216 g/mol. The summed E-state index contributed by atoms with van der Waals surface area (Å²) in [6.07, 6.45) is 2.10. The van der Waals surface area contributed by atoms with E-state index in [0.717, 1.165) is 18.6 Å². The van der Waals surface area contributed by atoms with E-state index in [1.807, 2.05) is 0 Å². The molecule has 15 heavy (non-hydrogen) atoms. The summed E-state index contributed by atoms with van der Waals surface area (Å²) in [4.78, 5) is 0. The molecule has 0 aliphatic heterocycles. The lowest BCUT2D eigenvalue weighted by atomic mass is 10.3. The van der Waals surface area contributed by atoms with Gasteiger partial charge in [0, 0.05) is 0 Å². The molecule has 0 aliphatic rings. The van der Waals surface area contributed by atoms with Crippen molar-refractivity contribution in [3.63, 3.8) is 0 Å². The van der Waals surface area contributed by atoms with E-state index in [1.165, 1.54) is 0 Å². The number of ether oxygens (including phenoxy) is 1. The molecule has 0 saturated carbocycles. The Kier molecular flexibility index (Phi) is 5.14. The summed E-state index contributed by atoms with van der Waals surface area (Å²) in [6, 6.07) is 6.60. The maximum Gasteiger partial charge on any atom is 0.357 e. The van der Waals surface area contributed by atoms with Crippen LogP contribution in [0, 0.1) is 0 Å². The molecule has 0 heterocycles. The Balaban J connectivity index is 2.45. The zero-order valence-corrected chi connectivity index (χ0v) is 9.33. The first-order valence-corrected chi connectivity index (χ1v) is 5.77. The lowest BCUT2D eigenvalue weighted by Crippen LogP contribution is -1.98. The third-order valence-corrected chi connectivity index (χ3v) is 2.09. The van der Waals surface area contributed by atoms with Crippen molar-refractivity contribution in [2.24, 2.45) is 0 Å². The highest BCUT2D eigenvalue weighted by molar-refractivity contribution is 7.74. The van der Waals surface area contributed by atoms with Gasteiger partial charge >= 0.3 is 11.4 Å². The van der Waals surface area contributed by atoms with E-state index in [0.29, 0.717) is 12.4 Å². The van der Waals surface area contributed by atoms with Crippen LogP contribution in [-0.2, 0) is 11.4 Å². The molecule has 1 atom stereocenters. The van der Waals surface area contributed by atoms with Crippen LogP contribution in [-0.4, -0.2) is 15.4 Å². The zero-order valence-electron chi connectivity index (χ0n) is 8.51. The quantitative estimate of drug-likeness (QED) is 0.602. The van der Waals surface area contributed by atoms with Crippen LogP contribution in [0.3, 0.4) is 0 Å². The number of hydrogen-bond acceptors (Lipinski definition) is 3. The highest BCUT2D eigenvalue weighted by Gasteiger charge is 1.99. The Morgan fingerprint density at radius 3 is 2.40 bits per heavy atom. The van der Waals surface area contributed by atoms with Gasteiger partial charge in [-0.1, -0.05) is 13.3 Å². The van der Waals surface area contributed by atoms with Crippen molar-refractivity contribution in [3.8, 4) is 11.5 Å². The minimum Gasteiger partial charge on any atom is -0.494 e. The van der Waals surface area contributed by atoms with E-state index in [4.69, 9.17) is 9.29 Å². The maximum atomic E-state index is 10.3. The predicted octanol–water partition coefficient (Wildman–Crippen LogP) is 2.38. The fourth-order valence-corrected chi connectivity index (χ4v) is 1.28. The molecule has 0 aromatic heterocycles. The Labute approximate surface area is 91.7 Å². The van der Waals surface area contributed by atoms with Gasteiger partial charge in [-0.05, 0) is 30.7 Å². The Morgan fingerprint density at radius 2 is 1.87 bits per heavy atom. The first-order valence-electron chi connectivity index (χ1n) is 4.74. The summed E-state index contributed by atoms with van der Waals surface area (Å²) >= 11 is -2.27. The van der Waals surface area contributed by atoms with Crippen LogP contribution in [0.4, 0.5) is 0 Å². The van der Waals surface area contributed by atoms with Gasteiger partial charge in [-0.25, -0.2) is 0 Å². The summed E-state index contributed by atoms with van der Waals surface area (Å²) in [7, 11) is 0. The highest BCUT2D eigenvalue weighted by atomic mass is 32.2. The standard InChI is InChI=1S/C10H14O4S/c1-2-3-8-13-9-4-6-10(7-5-9)14-15(11)12/h4-7H,2-3,8H2,1H3,(H,11,12). The molecule has 0 amide bonds. The van der Waals surface area contributed by atoms with Gasteiger partial charge in [-0.3, -0.25) is 4.55 Å². The SMILES string of the molecule is CCCCOc1ccc(OS(=O)O)cc1. The lowest BCUT2D eigenvalue weighted by Gasteiger charge is -2.05. The second kappa shape index (κ2) is 6.42. The zero-order chi connectivity index (χ0) is 11.1. The molecule has 0 saturated heterocycles. The van der Waals surface area contributed by atoms with Crippen LogP contribution in [0.1, 0.15) is 19.8 Å². The molecule has 1 rings (SSSR count). The van der Waals surface area contributed by atoms with Gasteiger partial charge < -0.3 is 8.92 Å². The van der Waals surface area contributed by atoms with Crippen LogP contribution in [0.25, 0.3) is 0 Å². The van der Waals surface area contributed by atoms with Crippen molar-refractivity contribution in [1.29, 1.82) is 0 Å². The van der Waals surface area contributed by atoms with Crippen LogP contribution in [0.2, 0.25) is 0 Å². The normalized spacial score (nSPS) is 12.1. The highest BCUT2D eigenvalue weighted by Crippen LogP contribution is 2.18. The number of hydrogen-bond donors (Lipinski definition) is 1. The summed E-state index contributed by atoms with van der Waals surface area (Å²) in [5.41, 5.74) is 0.